The first-order valence-electron chi connectivity index (χ1n) is 4.86. The third kappa shape index (κ3) is 10.7. The number of esters is 2. The maximum absolute atomic E-state index is 11.6. The van der Waals surface area contributed by atoms with Crippen LogP contribution in [0, 0.1) is 0 Å². The lowest BCUT2D eigenvalue weighted by molar-refractivity contribution is -0.186. The number of carbonyl (C=O) groups excluding carboxylic acids is 2. The Balaban J connectivity index is 3.46. The third-order valence-electron chi connectivity index (χ3n) is 1.58. The highest BCUT2D eigenvalue weighted by Crippen LogP contribution is 2.15. The molecule has 0 aromatic carbocycles. The number of hydrogen-bond acceptors (Lipinski definition) is 4. The SMILES string of the molecule is C=CC(=O)OCCCCC(=O)OCC(F)(F)F. The second-order valence-corrected chi connectivity index (χ2v) is 3.10. The molecule has 0 heterocycles. The maximum Gasteiger partial charge on any atom is 0.422 e. The smallest absolute Gasteiger partial charge is 0.422 e. The zero-order valence-corrected chi connectivity index (χ0v) is 9.09. The minimum absolute atomic E-state index is 0.0946. The highest BCUT2D eigenvalue weighted by atomic mass is 19.4. The molecule has 4 nitrogen and oxygen atoms in total. The fraction of sp³-hybridized carbons (Fsp3) is 0.600. The van der Waals surface area contributed by atoms with Crippen LogP contribution in [-0.4, -0.2) is 31.3 Å². The van der Waals surface area contributed by atoms with E-state index in [1.807, 2.05) is 0 Å². The summed E-state index contributed by atoms with van der Waals surface area (Å²) in [4.78, 5) is 21.4. The van der Waals surface area contributed by atoms with Gasteiger partial charge in [-0.25, -0.2) is 4.79 Å². The van der Waals surface area contributed by atoms with E-state index < -0.39 is 24.7 Å². The quantitative estimate of drug-likeness (QED) is 0.396. The molecule has 0 aliphatic rings. The first-order valence-corrected chi connectivity index (χ1v) is 4.86. The van der Waals surface area contributed by atoms with E-state index in [1.54, 1.807) is 0 Å². The number of hydrogen-bond donors (Lipinski definition) is 0. The van der Waals surface area contributed by atoms with E-state index in [-0.39, 0.29) is 13.0 Å². The minimum atomic E-state index is -4.50. The van der Waals surface area contributed by atoms with E-state index in [4.69, 9.17) is 0 Å². The van der Waals surface area contributed by atoms with Crippen LogP contribution in [0.25, 0.3) is 0 Å². The van der Waals surface area contributed by atoms with Crippen LogP contribution in [0.3, 0.4) is 0 Å². The number of ether oxygens (including phenoxy) is 2. The normalized spacial score (nSPS) is 10.8. The Kier molecular flexibility index (Phi) is 7.00. The summed E-state index contributed by atoms with van der Waals surface area (Å²) in [7, 11) is 0. The fourth-order valence-electron chi connectivity index (χ4n) is 0.838. The van der Waals surface area contributed by atoms with Gasteiger partial charge in [0, 0.05) is 12.5 Å². The molecule has 7 heteroatoms. The van der Waals surface area contributed by atoms with Crippen LogP contribution >= 0.6 is 0 Å². The molecule has 0 aliphatic carbocycles. The zero-order valence-electron chi connectivity index (χ0n) is 9.09. The molecule has 17 heavy (non-hydrogen) atoms. The molecular formula is C10H13F3O4. The second kappa shape index (κ2) is 7.70. The lowest BCUT2D eigenvalue weighted by Gasteiger charge is -2.07. The highest BCUT2D eigenvalue weighted by Gasteiger charge is 2.29. The van der Waals surface area contributed by atoms with Gasteiger partial charge in [-0.15, -0.1) is 0 Å². The minimum Gasteiger partial charge on any atom is -0.463 e. The molecule has 0 spiro atoms. The molecule has 0 radical (unpaired) electrons. The molecular weight excluding hydrogens is 241 g/mol. The number of carbonyl (C=O) groups is 2. The van der Waals surface area contributed by atoms with Crippen LogP contribution in [0.5, 0.6) is 0 Å². The standard InChI is InChI=1S/C10H13F3O4/c1-2-8(14)16-6-4-3-5-9(15)17-7-10(11,12)13/h2H,1,3-7H2. The molecule has 0 saturated carbocycles. The van der Waals surface area contributed by atoms with Gasteiger partial charge in [-0.3, -0.25) is 4.79 Å². The first-order chi connectivity index (χ1) is 7.85. The van der Waals surface area contributed by atoms with Gasteiger partial charge in [0.15, 0.2) is 6.61 Å². The topological polar surface area (TPSA) is 52.6 Å². The molecule has 0 aromatic rings. The largest absolute Gasteiger partial charge is 0.463 e. The van der Waals surface area contributed by atoms with Crippen molar-refractivity contribution < 1.29 is 32.2 Å². The average molecular weight is 254 g/mol. The lowest BCUT2D eigenvalue weighted by Crippen LogP contribution is -2.20. The van der Waals surface area contributed by atoms with E-state index in [9.17, 15) is 22.8 Å². The Bertz CT molecular complexity index is 273. The van der Waals surface area contributed by atoms with Crippen molar-refractivity contribution in [1.82, 2.24) is 0 Å². The van der Waals surface area contributed by atoms with Crippen LogP contribution in [0.15, 0.2) is 12.7 Å². The van der Waals surface area contributed by atoms with Crippen LogP contribution in [-0.2, 0) is 19.1 Å². The lowest BCUT2D eigenvalue weighted by atomic mass is 10.2. The van der Waals surface area contributed by atoms with Crippen molar-refractivity contribution in [1.29, 1.82) is 0 Å². The Morgan fingerprint density at radius 3 is 2.35 bits per heavy atom. The summed E-state index contributed by atoms with van der Waals surface area (Å²) < 4.78 is 43.5. The van der Waals surface area contributed by atoms with E-state index >= 15 is 0 Å². The Morgan fingerprint density at radius 2 is 1.82 bits per heavy atom. The van der Waals surface area contributed by atoms with E-state index in [0.29, 0.717) is 12.8 Å². The van der Waals surface area contributed by atoms with E-state index in [1.165, 1.54) is 0 Å². The van der Waals surface area contributed by atoms with Crippen molar-refractivity contribution in [2.75, 3.05) is 13.2 Å². The molecule has 0 unspecified atom stereocenters. The van der Waals surface area contributed by atoms with E-state index in [0.717, 1.165) is 6.08 Å². The van der Waals surface area contributed by atoms with Crippen molar-refractivity contribution in [3.05, 3.63) is 12.7 Å². The predicted octanol–water partition coefficient (Wildman–Crippen LogP) is 1.99. The van der Waals surface area contributed by atoms with Gasteiger partial charge in [0.25, 0.3) is 0 Å². The van der Waals surface area contributed by atoms with Crippen molar-refractivity contribution in [2.45, 2.75) is 25.4 Å². The maximum atomic E-state index is 11.6. The van der Waals surface area contributed by atoms with Crippen LogP contribution in [0.4, 0.5) is 13.2 Å². The predicted molar refractivity (Wildman–Crippen MR) is 52.0 cm³/mol. The summed E-state index contributed by atoms with van der Waals surface area (Å²) in [6, 6.07) is 0. The van der Waals surface area contributed by atoms with Gasteiger partial charge in [0.1, 0.15) is 0 Å². The molecule has 0 bridgehead atoms. The van der Waals surface area contributed by atoms with Crippen molar-refractivity contribution >= 4 is 11.9 Å². The molecule has 0 amide bonds. The van der Waals surface area contributed by atoms with Gasteiger partial charge >= 0.3 is 18.1 Å². The van der Waals surface area contributed by atoms with Crippen LogP contribution < -0.4 is 0 Å². The van der Waals surface area contributed by atoms with Gasteiger partial charge in [-0.05, 0) is 12.8 Å². The fourth-order valence-corrected chi connectivity index (χ4v) is 0.838. The third-order valence-corrected chi connectivity index (χ3v) is 1.58. The summed E-state index contributed by atoms with van der Waals surface area (Å²) in [6.45, 7) is 1.70. The molecule has 0 rings (SSSR count). The summed E-state index contributed by atoms with van der Waals surface area (Å²) in [5, 5.41) is 0. The number of halogens is 3. The zero-order chi connectivity index (χ0) is 13.3. The number of rotatable bonds is 7. The van der Waals surface area contributed by atoms with Crippen molar-refractivity contribution in [2.24, 2.45) is 0 Å². The van der Waals surface area contributed by atoms with Crippen molar-refractivity contribution in [3.8, 4) is 0 Å². The van der Waals surface area contributed by atoms with Crippen molar-refractivity contribution in [3.63, 3.8) is 0 Å². The van der Waals surface area contributed by atoms with Crippen LogP contribution in [0.1, 0.15) is 19.3 Å². The Hall–Kier alpha value is -1.53. The molecule has 0 N–H and O–H groups in total. The monoisotopic (exact) mass is 254 g/mol. The highest BCUT2D eigenvalue weighted by molar-refractivity contribution is 5.81. The molecule has 0 aliphatic heterocycles. The van der Waals surface area contributed by atoms with Gasteiger partial charge in [0.05, 0.1) is 6.61 Å². The van der Waals surface area contributed by atoms with Gasteiger partial charge < -0.3 is 9.47 Å². The Labute approximate surface area is 96.4 Å². The van der Waals surface area contributed by atoms with Gasteiger partial charge in [0.2, 0.25) is 0 Å². The molecule has 0 saturated heterocycles. The van der Waals surface area contributed by atoms with E-state index in [2.05, 4.69) is 16.1 Å². The molecule has 0 aromatic heterocycles. The summed E-state index contributed by atoms with van der Waals surface area (Å²) >= 11 is 0. The number of unbranched alkanes of at least 4 members (excludes halogenated alkanes) is 1. The van der Waals surface area contributed by atoms with Gasteiger partial charge in [-0.2, -0.15) is 13.2 Å². The molecule has 0 fully saturated rings. The van der Waals surface area contributed by atoms with Crippen LogP contribution in [0.2, 0.25) is 0 Å². The van der Waals surface area contributed by atoms with Gasteiger partial charge in [-0.1, -0.05) is 6.58 Å². The Morgan fingerprint density at radius 1 is 1.18 bits per heavy atom. The molecule has 0 atom stereocenters. The number of alkyl halides is 3. The first kappa shape index (κ1) is 15.5. The second-order valence-electron chi connectivity index (χ2n) is 3.10. The molecule has 98 valence electrons. The summed E-state index contributed by atoms with van der Waals surface area (Å²) in [5.41, 5.74) is 0. The summed E-state index contributed by atoms with van der Waals surface area (Å²) in [6.07, 6.45) is -2.98. The summed E-state index contributed by atoms with van der Waals surface area (Å²) in [5.74, 6) is -1.50. The average Bonchev–Trinajstić information content (AvgIpc) is 2.24.